The Hall–Kier alpha value is -2.65. The van der Waals surface area contributed by atoms with Gasteiger partial charge < -0.3 is 19.1 Å². The fourth-order valence-electron chi connectivity index (χ4n) is 5.72. The zero-order valence-electron chi connectivity index (χ0n) is 22.6. The van der Waals surface area contributed by atoms with E-state index in [1.54, 1.807) is 6.07 Å². The van der Waals surface area contributed by atoms with Crippen molar-refractivity contribution in [1.29, 1.82) is 0 Å². The van der Waals surface area contributed by atoms with E-state index in [0.717, 1.165) is 25.7 Å². The first-order chi connectivity index (χ1) is 17.3. The molecule has 0 radical (unpaired) electrons. The van der Waals surface area contributed by atoms with Crippen LogP contribution >= 0.6 is 11.6 Å². The van der Waals surface area contributed by atoms with Crippen molar-refractivity contribution in [2.75, 3.05) is 25.9 Å². The molecule has 3 atom stereocenters. The van der Waals surface area contributed by atoms with Gasteiger partial charge in [-0.2, -0.15) is 0 Å². The van der Waals surface area contributed by atoms with Crippen LogP contribution in [0.2, 0.25) is 5.02 Å². The molecule has 2 saturated heterocycles. The molecule has 37 heavy (non-hydrogen) atoms. The maximum atomic E-state index is 14.2. The van der Waals surface area contributed by atoms with Crippen molar-refractivity contribution in [1.82, 2.24) is 15.1 Å². The number of nitrogens with zero attached hydrogens (tertiary/aromatic N) is 4. The van der Waals surface area contributed by atoms with Crippen LogP contribution in [-0.4, -0.2) is 64.9 Å². The molecular formula is C27H36ClFN4O4. The Bertz CT molecular complexity index is 1140. The van der Waals surface area contributed by atoms with Crippen LogP contribution in [0.3, 0.4) is 0 Å². The Labute approximate surface area is 223 Å². The molecule has 202 valence electrons. The zero-order valence-corrected chi connectivity index (χ0v) is 23.4. The molecule has 8 nitrogen and oxygen atoms in total. The molecule has 3 heterocycles. The van der Waals surface area contributed by atoms with Gasteiger partial charge >= 0.3 is 6.09 Å². The molecular weight excluding hydrogens is 499 g/mol. The molecule has 1 aromatic heterocycles. The average Bonchev–Trinajstić information content (AvgIpc) is 2.99. The molecule has 2 bridgehead atoms. The Morgan fingerprint density at radius 1 is 1.19 bits per heavy atom. The number of aromatic nitrogens is 2. The van der Waals surface area contributed by atoms with Crippen molar-refractivity contribution in [3.05, 3.63) is 35.1 Å². The summed E-state index contributed by atoms with van der Waals surface area (Å²) in [6.07, 6.45) is 3.17. The molecule has 10 heteroatoms. The van der Waals surface area contributed by atoms with E-state index >= 15 is 0 Å². The fourth-order valence-corrected chi connectivity index (χ4v) is 5.88. The van der Waals surface area contributed by atoms with Gasteiger partial charge in [0.05, 0.1) is 10.7 Å². The summed E-state index contributed by atoms with van der Waals surface area (Å²) in [6.45, 7) is 9.96. The van der Waals surface area contributed by atoms with E-state index in [2.05, 4.69) is 28.9 Å². The van der Waals surface area contributed by atoms with E-state index in [9.17, 15) is 9.18 Å². The van der Waals surface area contributed by atoms with Gasteiger partial charge in [-0.3, -0.25) is 4.90 Å². The molecule has 2 aromatic rings. The van der Waals surface area contributed by atoms with Crippen LogP contribution in [0.15, 0.2) is 24.3 Å². The SMILES string of the molecule is COCOc1cc(Cl)c(F)cc1-c1ccc(N(C)C2C[C@]3(C)CC[C@](C)(C2)N3C(=O)OC(C)(C)C)nn1. The largest absolute Gasteiger partial charge is 0.467 e. The Morgan fingerprint density at radius 3 is 2.38 bits per heavy atom. The minimum absolute atomic E-state index is 0.0112. The molecule has 2 aliphatic rings. The van der Waals surface area contributed by atoms with Crippen LogP contribution in [0.1, 0.15) is 60.3 Å². The second-order valence-corrected chi connectivity index (χ2v) is 12.0. The lowest BCUT2D eigenvalue weighted by Crippen LogP contribution is -2.63. The van der Waals surface area contributed by atoms with Crippen LogP contribution in [0.5, 0.6) is 5.75 Å². The van der Waals surface area contributed by atoms with Gasteiger partial charge in [0, 0.05) is 42.9 Å². The second kappa shape index (κ2) is 9.91. The summed E-state index contributed by atoms with van der Waals surface area (Å²) in [7, 11) is 3.50. The quantitative estimate of drug-likeness (QED) is 0.416. The van der Waals surface area contributed by atoms with Gasteiger partial charge in [-0.05, 0) is 78.5 Å². The van der Waals surface area contributed by atoms with Crippen molar-refractivity contribution in [2.45, 2.75) is 83.0 Å². The first kappa shape index (κ1) is 27.4. The smallest absolute Gasteiger partial charge is 0.411 e. The lowest BCUT2D eigenvalue weighted by Gasteiger charge is -2.52. The van der Waals surface area contributed by atoms with E-state index in [4.69, 9.17) is 25.8 Å². The number of methoxy groups -OCH3 is 1. The predicted octanol–water partition coefficient (Wildman–Crippen LogP) is 6.07. The highest BCUT2D eigenvalue weighted by Gasteiger charge is 2.59. The highest BCUT2D eigenvalue weighted by Crippen LogP contribution is 2.52. The van der Waals surface area contributed by atoms with Crippen molar-refractivity contribution < 1.29 is 23.4 Å². The zero-order chi connectivity index (χ0) is 27.2. The number of carbonyl (C=O) groups is 1. The van der Waals surface area contributed by atoms with E-state index in [0.29, 0.717) is 22.8 Å². The van der Waals surface area contributed by atoms with E-state index in [-0.39, 0.29) is 35.0 Å². The molecule has 4 rings (SSSR count). The number of amides is 1. The first-order valence-corrected chi connectivity index (χ1v) is 12.9. The molecule has 1 amide bonds. The topological polar surface area (TPSA) is 77.0 Å². The van der Waals surface area contributed by atoms with E-state index in [1.165, 1.54) is 19.2 Å². The third-order valence-corrected chi connectivity index (χ3v) is 7.69. The minimum atomic E-state index is -0.571. The molecule has 0 saturated carbocycles. The van der Waals surface area contributed by atoms with Gasteiger partial charge in [0.15, 0.2) is 12.6 Å². The normalized spacial score (nSPS) is 25.2. The summed E-state index contributed by atoms with van der Waals surface area (Å²) in [5.41, 5.74) is -0.274. The highest BCUT2D eigenvalue weighted by atomic mass is 35.5. The van der Waals surface area contributed by atoms with Crippen LogP contribution in [0.25, 0.3) is 11.3 Å². The monoisotopic (exact) mass is 534 g/mol. The number of hydrogen-bond donors (Lipinski definition) is 0. The van der Waals surface area contributed by atoms with Crippen molar-refractivity contribution in [3.63, 3.8) is 0 Å². The van der Waals surface area contributed by atoms with Gasteiger partial charge in [0.25, 0.3) is 0 Å². The van der Waals surface area contributed by atoms with Crippen molar-refractivity contribution in [3.8, 4) is 17.0 Å². The number of halogens is 2. The molecule has 2 aliphatic heterocycles. The maximum absolute atomic E-state index is 14.2. The highest BCUT2D eigenvalue weighted by molar-refractivity contribution is 6.31. The van der Waals surface area contributed by atoms with Crippen molar-refractivity contribution in [2.24, 2.45) is 0 Å². The average molecular weight is 535 g/mol. The summed E-state index contributed by atoms with van der Waals surface area (Å²) in [5, 5.41) is 8.77. The van der Waals surface area contributed by atoms with Crippen LogP contribution in [-0.2, 0) is 9.47 Å². The second-order valence-electron chi connectivity index (χ2n) is 11.6. The first-order valence-electron chi connectivity index (χ1n) is 12.5. The van der Waals surface area contributed by atoms with E-state index in [1.807, 2.05) is 38.8 Å². The van der Waals surface area contributed by atoms with Crippen LogP contribution < -0.4 is 9.64 Å². The van der Waals surface area contributed by atoms with Crippen LogP contribution in [0, 0.1) is 5.82 Å². The molecule has 0 aliphatic carbocycles. The standard InChI is InChI=1S/C27H36ClFN4O4/c1-25(2,3)37-24(34)33-26(4)10-11-27(33,5)15-17(14-26)32(6)23-9-8-21(30-31-23)18-12-20(29)19(28)13-22(18)36-16-35-7/h8-9,12-13,17H,10-11,14-16H2,1-7H3/t17?,26-,27+. The molecule has 1 unspecified atom stereocenters. The number of ether oxygens (including phenoxy) is 3. The molecule has 0 N–H and O–H groups in total. The summed E-state index contributed by atoms with van der Waals surface area (Å²) in [5.74, 6) is 0.480. The number of carbonyl (C=O) groups excluding carboxylic acids is 1. The minimum Gasteiger partial charge on any atom is -0.467 e. The van der Waals surface area contributed by atoms with Gasteiger partial charge in [0.2, 0.25) is 0 Å². The summed E-state index contributed by atoms with van der Waals surface area (Å²) >= 11 is 5.95. The Balaban J connectivity index is 1.55. The number of piperidine rings is 1. The van der Waals surface area contributed by atoms with Crippen molar-refractivity contribution >= 4 is 23.5 Å². The fraction of sp³-hybridized carbons (Fsp3) is 0.593. The number of rotatable bonds is 6. The number of anilines is 1. The molecule has 1 aromatic carbocycles. The van der Waals surface area contributed by atoms with Crippen LogP contribution in [0.4, 0.5) is 15.0 Å². The van der Waals surface area contributed by atoms with Gasteiger partial charge in [-0.25, -0.2) is 9.18 Å². The number of hydrogen-bond acceptors (Lipinski definition) is 7. The lowest BCUT2D eigenvalue weighted by atomic mass is 9.82. The Kier molecular flexibility index (Phi) is 7.33. The third kappa shape index (κ3) is 5.48. The summed E-state index contributed by atoms with van der Waals surface area (Å²) < 4.78 is 30.6. The molecule has 2 fully saturated rings. The number of fused-ring (bicyclic) bond motifs is 2. The predicted molar refractivity (Wildman–Crippen MR) is 140 cm³/mol. The van der Waals surface area contributed by atoms with Gasteiger partial charge in [-0.15, -0.1) is 10.2 Å². The van der Waals surface area contributed by atoms with Gasteiger partial charge in [-0.1, -0.05) is 11.6 Å². The summed E-state index contributed by atoms with van der Waals surface area (Å²) in [4.78, 5) is 17.3. The van der Waals surface area contributed by atoms with Gasteiger partial charge in [0.1, 0.15) is 17.2 Å². The maximum Gasteiger partial charge on any atom is 0.411 e. The summed E-state index contributed by atoms with van der Waals surface area (Å²) in [6, 6.07) is 6.50. The third-order valence-electron chi connectivity index (χ3n) is 7.40. The van der Waals surface area contributed by atoms with E-state index < -0.39 is 11.4 Å². The number of benzene rings is 1. The molecule has 0 spiro atoms. The lowest BCUT2D eigenvalue weighted by molar-refractivity contribution is -0.0357. The Morgan fingerprint density at radius 2 is 1.84 bits per heavy atom.